The van der Waals surface area contributed by atoms with Crippen LogP contribution in [0.25, 0.3) is 0 Å². The van der Waals surface area contributed by atoms with E-state index in [9.17, 15) is 24.5 Å². The van der Waals surface area contributed by atoms with E-state index in [1.54, 1.807) is 31.2 Å². The molecule has 7 atom stereocenters. The van der Waals surface area contributed by atoms with Gasteiger partial charge in [0.05, 0.1) is 18.4 Å². The fourth-order valence-corrected chi connectivity index (χ4v) is 4.75. The van der Waals surface area contributed by atoms with E-state index in [2.05, 4.69) is 15.3 Å². The molecule has 1 heterocycles. The number of ether oxygens (including phenoxy) is 1. The Balaban J connectivity index is 1.61. The maximum atomic E-state index is 13.2. The van der Waals surface area contributed by atoms with E-state index in [1.807, 2.05) is 6.92 Å². The molecule has 0 amide bonds. The molecule has 1 aromatic carbocycles. The number of carbonyl (C=O) groups excluding carboxylic acids is 1. The lowest BCUT2D eigenvalue weighted by atomic mass is 9.82. The summed E-state index contributed by atoms with van der Waals surface area (Å²) in [5, 5.41) is 34.3. The van der Waals surface area contributed by atoms with Gasteiger partial charge in [-0.15, -0.1) is 0 Å². The highest BCUT2D eigenvalue weighted by molar-refractivity contribution is 5.79. The summed E-state index contributed by atoms with van der Waals surface area (Å²) in [5.74, 6) is -1.61. The minimum Gasteiger partial charge on any atom is -0.491 e. The van der Waals surface area contributed by atoms with Gasteiger partial charge in [0.25, 0.3) is 0 Å². The van der Waals surface area contributed by atoms with Crippen molar-refractivity contribution in [3.8, 4) is 5.75 Å². The molecule has 1 aliphatic rings. The van der Waals surface area contributed by atoms with Crippen LogP contribution in [0.3, 0.4) is 0 Å². The average molecular weight is 463 g/mol. The summed E-state index contributed by atoms with van der Waals surface area (Å²) in [6.45, 7) is 4.85. The number of benzene rings is 1. The molecule has 1 aliphatic carbocycles. The smallest absolute Gasteiger partial charge is 0.229 e. The van der Waals surface area contributed by atoms with E-state index >= 15 is 0 Å². The molecule has 3 rings (SSSR count). The summed E-state index contributed by atoms with van der Waals surface area (Å²) in [4.78, 5) is 19.7. The highest BCUT2D eigenvalue weighted by Crippen LogP contribution is 2.45. The zero-order chi connectivity index (χ0) is 24.3. The number of halogens is 1. The van der Waals surface area contributed by atoms with Crippen molar-refractivity contribution < 1.29 is 29.2 Å². The van der Waals surface area contributed by atoms with Crippen LogP contribution in [-0.4, -0.2) is 56.0 Å². The number of carbonyl (C=O) groups is 1. The van der Waals surface area contributed by atoms with Gasteiger partial charge in [-0.05, 0) is 50.2 Å². The SMILES string of the molecule is CC(=O)[C@H]1C([C@H](C)O)CC(C(O)[C@H](O)COc2cccc(Nc3ncc(F)c(N)n3)c2)[C@H]1C. The Labute approximate surface area is 191 Å². The van der Waals surface area contributed by atoms with E-state index < -0.39 is 24.1 Å². The Hall–Kier alpha value is -2.82. The van der Waals surface area contributed by atoms with Crippen LogP contribution in [-0.2, 0) is 4.79 Å². The van der Waals surface area contributed by atoms with Crippen molar-refractivity contribution in [1.82, 2.24) is 9.97 Å². The molecule has 10 heteroatoms. The Morgan fingerprint density at radius 3 is 2.67 bits per heavy atom. The molecule has 0 spiro atoms. The molecular weight excluding hydrogens is 431 g/mol. The molecule has 2 aromatic rings. The third-order valence-corrected chi connectivity index (χ3v) is 6.45. The van der Waals surface area contributed by atoms with E-state index in [0.29, 0.717) is 17.9 Å². The van der Waals surface area contributed by atoms with Crippen LogP contribution in [0.2, 0.25) is 0 Å². The summed E-state index contributed by atoms with van der Waals surface area (Å²) in [5.41, 5.74) is 6.01. The first kappa shape index (κ1) is 24.8. The fourth-order valence-electron chi connectivity index (χ4n) is 4.75. The van der Waals surface area contributed by atoms with Crippen LogP contribution >= 0.6 is 0 Å². The predicted octanol–water partition coefficient (Wildman–Crippen LogP) is 1.90. The van der Waals surface area contributed by atoms with Gasteiger partial charge < -0.3 is 31.1 Å². The normalized spacial score (nSPS) is 25.3. The lowest BCUT2D eigenvalue weighted by molar-refractivity contribution is -0.124. The first-order chi connectivity index (χ1) is 15.6. The second-order valence-electron chi connectivity index (χ2n) is 8.75. The number of nitrogens with one attached hydrogen (secondary N) is 1. The standard InChI is InChI=1S/C23H31FN4O5/c1-11-16(8-17(12(2)29)20(11)13(3)30)21(32)19(31)10-33-15-6-4-5-14(7-15)27-23-26-9-18(24)22(25)28-23/h4-7,9,11-12,16-17,19-21,29,31-32H,8,10H2,1-3H3,(H3,25,26,27,28)/t11-,12+,16?,17?,19-,20+,21?/m1/s1. The van der Waals surface area contributed by atoms with E-state index in [4.69, 9.17) is 10.5 Å². The lowest BCUT2D eigenvalue weighted by Gasteiger charge is -2.28. The number of aliphatic hydroxyl groups excluding tert-OH is 3. The van der Waals surface area contributed by atoms with Gasteiger partial charge in [0, 0.05) is 17.7 Å². The predicted molar refractivity (Wildman–Crippen MR) is 120 cm³/mol. The van der Waals surface area contributed by atoms with E-state index in [0.717, 1.165) is 6.20 Å². The van der Waals surface area contributed by atoms with Gasteiger partial charge in [0.1, 0.15) is 24.2 Å². The van der Waals surface area contributed by atoms with Crippen LogP contribution in [0.5, 0.6) is 5.75 Å². The second-order valence-corrected chi connectivity index (χ2v) is 8.75. The Morgan fingerprint density at radius 1 is 1.33 bits per heavy atom. The van der Waals surface area contributed by atoms with Crippen LogP contribution < -0.4 is 15.8 Å². The summed E-state index contributed by atoms with van der Waals surface area (Å²) >= 11 is 0. The maximum Gasteiger partial charge on any atom is 0.229 e. The zero-order valence-electron chi connectivity index (χ0n) is 18.9. The van der Waals surface area contributed by atoms with Gasteiger partial charge in [0.2, 0.25) is 5.95 Å². The van der Waals surface area contributed by atoms with Gasteiger partial charge in [-0.25, -0.2) is 9.37 Å². The van der Waals surface area contributed by atoms with Gasteiger partial charge in [-0.2, -0.15) is 4.98 Å². The van der Waals surface area contributed by atoms with Gasteiger partial charge in [-0.1, -0.05) is 13.0 Å². The molecule has 1 aromatic heterocycles. The molecule has 1 fully saturated rings. The van der Waals surface area contributed by atoms with Crippen LogP contribution in [0.15, 0.2) is 30.5 Å². The van der Waals surface area contributed by atoms with Gasteiger partial charge >= 0.3 is 0 Å². The van der Waals surface area contributed by atoms with Crippen molar-refractivity contribution in [2.75, 3.05) is 17.7 Å². The molecule has 3 unspecified atom stereocenters. The molecule has 9 nitrogen and oxygen atoms in total. The highest BCUT2D eigenvalue weighted by Gasteiger charge is 2.48. The van der Waals surface area contributed by atoms with Crippen molar-refractivity contribution in [2.24, 2.45) is 23.7 Å². The molecule has 33 heavy (non-hydrogen) atoms. The molecule has 0 saturated heterocycles. The van der Waals surface area contributed by atoms with Crippen molar-refractivity contribution in [1.29, 1.82) is 0 Å². The van der Waals surface area contributed by atoms with Crippen molar-refractivity contribution in [3.63, 3.8) is 0 Å². The number of hydrogen-bond acceptors (Lipinski definition) is 9. The molecule has 0 bridgehead atoms. The zero-order valence-corrected chi connectivity index (χ0v) is 18.9. The van der Waals surface area contributed by atoms with Crippen molar-refractivity contribution in [2.45, 2.75) is 45.5 Å². The molecule has 0 aliphatic heterocycles. The third-order valence-electron chi connectivity index (χ3n) is 6.45. The Morgan fingerprint density at radius 2 is 2.06 bits per heavy atom. The lowest BCUT2D eigenvalue weighted by Crippen LogP contribution is -2.39. The Bertz CT molecular complexity index is 976. The van der Waals surface area contributed by atoms with Gasteiger partial charge in [0.15, 0.2) is 11.6 Å². The topological polar surface area (TPSA) is 151 Å². The summed E-state index contributed by atoms with van der Waals surface area (Å²) in [7, 11) is 0. The number of aliphatic hydroxyl groups is 3. The summed E-state index contributed by atoms with van der Waals surface area (Å²) in [6.07, 6.45) is -1.56. The number of aromatic nitrogens is 2. The quantitative estimate of drug-likeness (QED) is 0.376. The van der Waals surface area contributed by atoms with Crippen molar-refractivity contribution in [3.05, 3.63) is 36.3 Å². The first-order valence-corrected chi connectivity index (χ1v) is 10.9. The number of hydrogen-bond donors (Lipinski definition) is 5. The highest BCUT2D eigenvalue weighted by atomic mass is 19.1. The molecule has 180 valence electrons. The number of Topliss-reactive ketones (excluding diaryl/α,β-unsaturated/α-hetero) is 1. The van der Waals surface area contributed by atoms with Gasteiger partial charge in [-0.3, -0.25) is 4.79 Å². The average Bonchev–Trinajstić information content (AvgIpc) is 3.12. The Kier molecular flexibility index (Phi) is 7.83. The number of ketones is 1. The molecule has 6 N–H and O–H groups in total. The molecule has 1 saturated carbocycles. The van der Waals surface area contributed by atoms with Crippen molar-refractivity contribution >= 4 is 23.2 Å². The largest absolute Gasteiger partial charge is 0.491 e. The summed E-state index contributed by atoms with van der Waals surface area (Å²) < 4.78 is 18.9. The maximum absolute atomic E-state index is 13.2. The van der Waals surface area contributed by atoms with Crippen LogP contribution in [0, 0.1) is 29.5 Å². The number of anilines is 3. The second kappa shape index (κ2) is 10.4. The van der Waals surface area contributed by atoms with Crippen LogP contribution in [0.4, 0.5) is 21.8 Å². The third kappa shape index (κ3) is 5.76. The first-order valence-electron chi connectivity index (χ1n) is 10.9. The fraction of sp³-hybridized carbons (Fsp3) is 0.522. The monoisotopic (exact) mass is 462 g/mol. The van der Waals surface area contributed by atoms with Crippen LogP contribution in [0.1, 0.15) is 27.2 Å². The van der Waals surface area contributed by atoms with E-state index in [1.165, 1.54) is 6.92 Å². The molecular formula is C23H31FN4O5. The number of nitrogen functional groups attached to an aromatic ring is 1. The van der Waals surface area contributed by atoms with E-state index in [-0.39, 0.29) is 47.8 Å². The number of nitrogens with zero attached hydrogens (tertiary/aromatic N) is 2. The number of nitrogens with two attached hydrogens (primary N) is 1. The minimum absolute atomic E-state index is 0.0231. The minimum atomic E-state index is -1.19. The summed E-state index contributed by atoms with van der Waals surface area (Å²) in [6, 6.07) is 6.74. The molecule has 0 radical (unpaired) electrons. The number of rotatable bonds is 9.